The number of nitrogens with one attached hydrogen (secondary N) is 1. The van der Waals surface area contributed by atoms with Crippen molar-refractivity contribution in [1.29, 1.82) is 0 Å². The van der Waals surface area contributed by atoms with E-state index in [1.54, 1.807) is 24.1 Å². The molecule has 0 aromatic heterocycles. The van der Waals surface area contributed by atoms with Crippen LogP contribution >= 0.6 is 0 Å². The summed E-state index contributed by atoms with van der Waals surface area (Å²) in [6.45, 7) is 1.77. The largest absolute Gasteiger partial charge is 0.376 e. The number of Topliss-reactive ketones (excluding diaryl/α,β-unsaturated/α-hetero) is 1. The van der Waals surface area contributed by atoms with E-state index < -0.39 is 6.10 Å². The van der Waals surface area contributed by atoms with Gasteiger partial charge in [0.2, 0.25) is 0 Å². The number of nitrogens with zero attached hydrogens (tertiary/aromatic N) is 1. The minimum atomic E-state index is -0.530. The third-order valence-electron chi connectivity index (χ3n) is 3.49. The second-order valence-corrected chi connectivity index (χ2v) is 4.96. The maximum Gasteiger partial charge on any atom is 0.321 e. The second-order valence-electron chi connectivity index (χ2n) is 4.96. The Hall–Kier alpha value is -1.92. The van der Waals surface area contributed by atoms with Crippen molar-refractivity contribution in [1.82, 2.24) is 4.90 Å². The van der Waals surface area contributed by atoms with E-state index in [2.05, 4.69) is 5.32 Å². The fourth-order valence-electron chi connectivity index (χ4n) is 2.36. The van der Waals surface area contributed by atoms with Gasteiger partial charge in [-0.25, -0.2) is 4.79 Å². The normalized spacial score (nSPS) is 22.1. The van der Waals surface area contributed by atoms with Crippen molar-refractivity contribution in [3.8, 4) is 0 Å². The lowest BCUT2D eigenvalue weighted by atomic mass is 10.0. The van der Waals surface area contributed by atoms with Gasteiger partial charge in [0, 0.05) is 24.8 Å². The first-order chi connectivity index (χ1) is 9.65. The summed E-state index contributed by atoms with van der Waals surface area (Å²) in [6.07, 6.45) is -0.530. The third-order valence-corrected chi connectivity index (χ3v) is 3.49. The maximum absolute atomic E-state index is 12.3. The van der Waals surface area contributed by atoms with Crippen molar-refractivity contribution in [2.24, 2.45) is 0 Å². The molecule has 0 bridgehead atoms. The molecule has 106 valence electrons. The van der Waals surface area contributed by atoms with Crippen LogP contribution in [0, 0.1) is 0 Å². The van der Waals surface area contributed by atoms with Gasteiger partial charge in [-0.3, -0.25) is 4.79 Å². The van der Waals surface area contributed by atoms with Crippen LogP contribution in [0.25, 0.3) is 0 Å². The van der Waals surface area contributed by atoms with E-state index in [1.165, 1.54) is 0 Å². The number of fused-ring (bicyclic) bond motifs is 1. The Labute approximate surface area is 116 Å². The molecular weight excluding hydrogens is 260 g/mol. The second kappa shape index (κ2) is 5.22. The molecule has 0 radical (unpaired) electrons. The molecule has 6 nitrogen and oxygen atoms in total. The van der Waals surface area contributed by atoms with E-state index in [4.69, 9.17) is 9.47 Å². The molecule has 20 heavy (non-hydrogen) atoms. The number of carbonyl (C=O) groups excluding carboxylic acids is 2. The lowest BCUT2D eigenvalue weighted by Gasteiger charge is -2.27. The summed E-state index contributed by atoms with van der Waals surface area (Å²) < 4.78 is 10.7. The number of ether oxygens (including phenoxy) is 2. The summed E-state index contributed by atoms with van der Waals surface area (Å²) >= 11 is 0. The van der Waals surface area contributed by atoms with E-state index in [0.29, 0.717) is 31.9 Å². The van der Waals surface area contributed by atoms with Crippen LogP contribution < -0.4 is 5.32 Å². The summed E-state index contributed by atoms with van der Waals surface area (Å²) in [5, 5.41) is 2.78. The van der Waals surface area contributed by atoms with Crippen molar-refractivity contribution < 1.29 is 19.1 Å². The molecule has 1 saturated heterocycles. The lowest BCUT2D eigenvalue weighted by molar-refractivity contribution is -0.0719. The predicted octanol–water partition coefficient (Wildman–Crippen LogP) is 1.26. The van der Waals surface area contributed by atoms with Gasteiger partial charge >= 0.3 is 6.03 Å². The summed E-state index contributed by atoms with van der Waals surface area (Å²) in [5.41, 5.74) is 2.27. The Kier molecular flexibility index (Phi) is 3.42. The van der Waals surface area contributed by atoms with Crippen LogP contribution in [0.15, 0.2) is 18.2 Å². The molecule has 2 aliphatic rings. The van der Waals surface area contributed by atoms with Crippen molar-refractivity contribution in [3.05, 3.63) is 29.3 Å². The summed E-state index contributed by atoms with van der Waals surface area (Å²) in [5.74, 6) is -0.0768. The number of anilines is 1. The van der Waals surface area contributed by atoms with E-state index in [-0.39, 0.29) is 11.8 Å². The number of amides is 2. The van der Waals surface area contributed by atoms with Gasteiger partial charge in [0.25, 0.3) is 0 Å². The maximum atomic E-state index is 12.3. The van der Waals surface area contributed by atoms with E-state index in [0.717, 1.165) is 11.3 Å². The van der Waals surface area contributed by atoms with Gasteiger partial charge in [0.1, 0.15) is 6.10 Å². The molecule has 1 N–H and O–H groups in total. The van der Waals surface area contributed by atoms with Gasteiger partial charge in [-0.2, -0.15) is 0 Å². The monoisotopic (exact) mass is 276 g/mol. The van der Waals surface area contributed by atoms with E-state index >= 15 is 0 Å². The van der Waals surface area contributed by atoms with Gasteiger partial charge in [0.15, 0.2) is 5.78 Å². The van der Waals surface area contributed by atoms with Gasteiger partial charge in [-0.15, -0.1) is 0 Å². The molecule has 1 fully saturated rings. The number of hydrogen-bond donors (Lipinski definition) is 1. The van der Waals surface area contributed by atoms with Crippen LogP contribution in [0.5, 0.6) is 0 Å². The molecule has 1 unspecified atom stereocenters. The number of ketones is 1. The number of rotatable bonds is 2. The number of hydrogen-bond acceptors (Lipinski definition) is 4. The zero-order valence-corrected chi connectivity index (χ0v) is 11.2. The first-order valence-corrected chi connectivity index (χ1v) is 6.54. The van der Waals surface area contributed by atoms with Gasteiger partial charge in [0.05, 0.1) is 19.8 Å². The summed E-state index contributed by atoms with van der Waals surface area (Å²) in [7, 11) is 1.71. The molecule has 6 heteroatoms. The van der Waals surface area contributed by atoms with Gasteiger partial charge < -0.3 is 19.7 Å². The SMILES string of the molecule is CN1Cc2cc(C(=O)C3COCCO3)ccc2NC1=O. The number of carbonyl (C=O) groups is 2. The molecule has 1 atom stereocenters. The topological polar surface area (TPSA) is 67.9 Å². The molecule has 1 aromatic carbocycles. The Morgan fingerprint density at radius 2 is 2.25 bits per heavy atom. The average Bonchev–Trinajstić information content (AvgIpc) is 2.48. The van der Waals surface area contributed by atoms with Crippen LogP contribution in [-0.4, -0.2) is 49.7 Å². The van der Waals surface area contributed by atoms with E-state index in [9.17, 15) is 9.59 Å². The van der Waals surface area contributed by atoms with Crippen molar-refractivity contribution in [3.63, 3.8) is 0 Å². The summed E-state index contributed by atoms with van der Waals surface area (Å²) in [4.78, 5) is 25.4. The highest BCUT2D eigenvalue weighted by Gasteiger charge is 2.26. The highest BCUT2D eigenvalue weighted by molar-refractivity contribution is 6.01. The first kappa shape index (κ1) is 13.1. The first-order valence-electron chi connectivity index (χ1n) is 6.54. The minimum absolute atomic E-state index is 0.0768. The quantitative estimate of drug-likeness (QED) is 0.826. The number of benzene rings is 1. The molecule has 3 rings (SSSR count). The van der Waals surface area contributed by atoms with Crippen molar-refractivity contribution >= 4 is 17.5 Å². The molecule has 2 aliphatic heterocycles. The lowest BCUT2D eigenvalue weighted by Crippen LogP contribution is -2.37. The Morgan fingerprint density at radius 1 is 1.40 bits per heavy atom. The van der Waals surface area contributed by atoms with Crippen LogP contribution in [0.2, 0.25) is 0 Å². The molecule has 0 spiro atoms. The van der Waals surface area contributed by atoms with Crippen molar-refractivity contribution in [2.45, 2.75) is 12.6 Å². The summed E-state index contributed by atoms with van der Waals surface area (Å²) in [6, 6.07) is 5.15. The van der Waals surface area contributed by atoms with Crippen molar-refractivity contribution in [2.75, 3.05) is 32.2 Å². The highest BCUT2D eigenvalue weighted by atomic mass is 16.6. The molecule has 0 saturated carbocycles. The average molecular weight is 276 g/mol. The standard InChI is InChI=1S/C14H16N2O4/c1-16-7-10-6-9(2-3-11(10)15-14(16)18)13(17)12-8-19-4-5-20-12/h2-3,6,12H,4-5,7-8H2,1H3,(H,15,18). The van der Waals surface area contributed by atoms with Crippen LogP contribution in [0.4, 0.5) is 10.5 Å². The zero-order chi connectivity index (χ0) is 14.1. The molecule has 1 aromatic rings. The minimum Gasteiger partial charge on any atom is -0.376 e. The Balaban J connectivity index is 1.83. The van der Waals surface area contributed by atoms with Crippen LogP contribution in [-0.2, 0) is 16.0 Å². The number of urea groups is 1. The van der Waals surface area contributed by atoms with Gasteiger partial charge in [-0.05, 0) is 23.8 Å². The molecular formula is C14H16N2O4. The smallest absolute Gasteiger partial charge is 0.321 e. The molecule has 2 heterocycles. The van der Waals surface area contributed by atoms with Crippen LogP contribution in [0.3, 0.4) is 0 Å². The highest BCUT2D eigenvalue weighted by Crippen LogP contribution is 2.24. The fourth-order valence-corrected chi connectivity index (χ4v) is 2.36. The predicted molar refractivity (Wildman–Crippen MR) is 71.8 cm³/mol. The Morgan fingerprint density at radius 3 is 3.00 bits per heavy atom. The zero-order valence-electron chi connectivity index (χ0n) is 11.2. The van der Waals surface area contributed by atoms with Gasteiger partial charge in [-0.1, -0.05) is 0 Å². The van der Waals surface area contributed by atoms with Crippen LogP contribution in [0.1, 0.15) is 15.9 Å². The molecule has 0 aliphatic carbocycles. The molecule has 2 amide bonds. The Bertz CT molecular complexity index is 552. The third kappa shape index (κ3) is 2.39. The van der Waals surface area contributed by atoms with E-state index in [1.807, 2.05) is 6.07 Å². The fraction of sp³-hybridized carbons (Fsp3) is 0.429.